The number of aliphatic hydroxyl groups excluding tert-OH is 1. The lowest BCUT2D eigenvalue weighted by Crippen LogP contribution is -2.43. The number of nitrogens with two attached hydrogens (primary N) is 1. The predicted molar refractivity (Wildman–Crippen MR) is 85.3 cm³/mol. The van der Waals surface area contributed by atoms with Crippen LogP contribution in [0.4, 0.5) is 5.82 Å². The van der Waals surface area contributed by atoms with Gasteiger partial charge in [-0.3, -0.25) is 4.79 Å². The molecule has 0 radical (unpaired) electrons. The highest BCUT2D eigenvalue weighted by Gasteiger charge is 2.59. The van der Waals surface area contributed by atoms with Crippen molar-refractivity contribution in [3.63, 3.8) is 0 Å². The van der Waals surface area contributed by atoms with Crippen LogP contribution in [0.25, 0.3) is 5.52 Å². The van der Waals surface area contributed by atoms with Crippen molar-refractivity contribution < 1.29 is 27.2 Å². The molecule has 2 aromatic rings. The summed E-state index contributed by atoms with van der Waals surface area (Å²) in [6, 6.07) is 4.75. The molecular formula is C16H17N5O5. The quantitative estimate of drug-likeness (QED) is 0.587. The van der Waals surface area contributed by atoms with E-state index in [-0.39, 0.29) is 17.4 Å². The summed E-state index contributed by atoms with van der Waals surface area (Å²) in [5.41, 5.74) is 4.00. The van der Waals surface area contributed by atoms with E-state index in [0.29, 0.717) is 18.4 Å². The Morgan fingerprint density at radius 2 is 2.38 bits per heavy atom. The minimum absolute atomic E-state index is 0.0332. The van der Waals surface area contributed by atoms with Gasteiger partial charge in [0.1, 0.15) is 30.1 Å². The molecule has 1 saturated carbocycles. The van der Waals surface area contributed by atoms with Crippen LogP contribution in [-0.2, 0) is 19.9 Å². The number of ether oxygens (including phenoxy) is 2. The first-order chi connectivity index (χ1) is 13.2. The van der Waals surface area contributed by atoms with Gasteiger partial charge < -0.3 is 25.4 Å². The molecule has 0 bridgehead atoms. The summed E-state index contributed by atoms with van der Waals surface area (Å²) in [4.78, 5) is 15.9. The van der Waals surface area contributed by atoms with Gasteiger partial charge in [-0.05, 0) is 25.0 Å². The van der Waals surface area contributed by atoms with Crippen molar-refractivity contribution in [2.75, 3.05) is 12.3 Å². The molecular weight excluding hydrogens is 342 g/mol. The standard InChI is InChI=1S/C16H17N5O5/c17-6-16(11-4-3-9-14(18)19-7-20-21(9)11)13(23)12(10(5-22)26-16)25-15(24)8-1-2-8/h3-4,7-8,10,12-13,22-23H,1-2,5H2,(H2,18,19,20)/t10-,12-,13-,16+/m1/s1/i5D2. The molecule has 3 heterocycles. The Labute approximate surface area is 150 Å². The summed E-state index contributed by atoms with van der Waals surface area (Å²) in [5.74, 6) is -0.856. The van der Waals surface area contributed by atoms with Gasteiger partial charge in [0.05, 0.1) is 20.9 Å². The Bertz CT molecular complexity index is 982. The monoisotopic (exact) mass is 361 g/mol. The summed E-state index contributed by atoms with van der Waals surface area (Å²) in [6.45, 7) is -2.99. The van der Waals surface area contributed by atoms with Crippen LogP contribution >= 0.6 is 0 Å². The molecule has 1 saturated heterocycles. The van der Waals surface area contributed by atoms with Crippen molar-refractivity contribution in [3.8, 4) is 6.07 Å². The van der Waals surface area contributed by atoms with E-state index in [4.69, 9.17) is 17.9 Å². The maximum absolute atomic E-state index is 12.1. The van der Waals surface area contributed by atoms with Crippen molar-refractivity contribution in [2.24, 2.45) is 5.92 Å². The van der Waals surface area contributed by atoms with E-state index >= 15 is 0 Å². The van der Waals surface area contributed by atoms with Gasteiger partial charge in [-0.2, -0.15) is 10.4 Å². The first-order valence-electron chi connectivity index (χ1n) is 8.97. The first kappa shape index (κ1) is 14.4. The van der Waals surface area contributed by atoms with Gasteiger partial charge in [0.25, 0.3) is 0 Å². The van der Waals surface area contributed by atoms with Crippen LogP contribution in [-0.4, -0.2) is 55.7 Å². The van der Waals surface area contributed by atoms with Gasteiger partial charge in [-0.15, -0.1) is 0 Å². The molecule has 4 atom stereocenters. The van der Waals surface area contributed by atoms with E-state index in [1.165, 1.54) is 16.6 Å². The van der Waals surface area contributed by atoms with E-state index in [1.54, 1.807) is 0 Å². The number of anilines is 1. The number of carbonyl (C=O) groups excluding carboxylic acids is 1. The normalized spacial score (nSPS) is 32.7. The van der Waals surface area contributed by atoms with E-state index < -0.39 is 36.4 Å². The summed E-state index contributed by atoms with van der Waals surface area (Å²) >= 11 is 0. The van der Waals surface area contributed by atoms with E-state index in [0.717, 1.165) is 6.33 Å². The number of fused-ring (bicyclic) bond motifs is 1. The maximum atomic E-state index is 12.1. The lowest BCUT2D eigenvalue weighted by molar-refractivity contribution is -0.158. The highest BCUT2D eigenvalue weighted by Crippen LogP contribution is 2.42. The van der Waals surface area contributed by atoms with Crippen molar-refractivity contribution >= 4 is 17.3 Å². The van der Waals surface area contributed by atoms with E-state index in [9.17, 15) is 20.3 Å². The van der Waals surface area contributed by atoms with Crippen molar-refractivity contribution in [3.05, 3.63) is 24.2 Å². The fraction of sp³-hybridized carbons (Fsp3) is 0.500. The molecule has 0 amide bonds. The Hall–Kier alpha value is -2.74. The molecule has 26 heavy (non-hydrogen) atoms. The number of nitriles is 1. The van der Waals surface area contributed by atoms with Crippen molar-refractivity contribution in [1.82, 2.24) is 14.6 Å². The fourth-order valence-electron chi connectivity index (χ4n) is 3.11. The van der Waals surface area contributed by atoms with Gasteiger partial charge in [0.15, 0.2) is 11.9 Å². The second-order valence-corrected chi connectivity index (χ2v) is 6.30. The topological polar surface area (TPSA) is 156 Å². The molecule has 10 nitrogen and oxygen atoms in total. The van der Waals surface area contributed by atoms with Crippen molar-refractivity contribution in [1.29, 1.82) is 5.26 Å². The third-order valence-corrected chi connectivity index (χ3v) is 4.66. The van der Waals surface area contributed by atoms with Gasteiger partial charge in [0.2, 0.25) is 5.60 Å². The first-order valence-corrected chi connectivity index (χ1v) is 7.97. The Morgan fingerprint density at radius 3 is 3.04 bits per heavy atom. The van der Waals surface area contributed by atoms with Crippen LogP contribution < -0.4 is 5.73 Å². The predicted octanol–water partition coefficient (Wildman–Crippen LogP) is -0.896. The number of aromatic nitrogens is 3. The molecule has 4 rings (SSSR count). The van der Waals surface area contributed by atoms with Crippen LogP contribution in [0.15, 0.2) is 18.5 Å². The number of carbonyl (C=O) groups is 1. The number of hydrogen-bond acceptors (Lipinski definition) is 9. The van der Waals surface area contributed by atoms with Crippen LogP contribution in [0.5, 0.6) is 0 Å². The van der Waals surface area contributed by atoms with Crippen LogP contribution in [0, 0.1) is 17.2 Å². The molecule has 2 fully saturated rings. The third kappa shape index (κ3) is 2.33. The Kier molecular flexibility index (Phi) is 3.28. The van der Waals surface area contributed by atoms with Gasteiger partial charge in [0, 0.05) is 0 Å². The second kappa shape index (κ2) is 5.91. The molecule has 4 N–H and O–H groups in total. The average molecular weight is 361 g/mol. The summed E-state index contributed by atoms with van der Waals surface area (Å²) in [7, 11) is 0. The smallest absolute Gasteiger partial charge is 0.309 e. The Balaban J connectivity index is 1.80. The largest absolute Gasteiger partial charge is 0.456 e. The zero-order valence-corrected chi connectivity index (χ0v) is 13.4. The minimum atomic E-state index is -2.99. The molecule has 2 aromatic heterocycles. The molecule has 1 aliphatic heterocycles. The van der Waals surface area contributed by atoms with E-state index in [1.807, 2.05) is 6.07 Å². The van der Waals surface area contributed by atoms with Gasteiger partial charge in [-0.25, -0.2) is 9.50 Å². The summed E-state index contributed by atoms with van der Waals surface area (Å²) in [5, 5.41) is 34.7. The number of aliphatic hydroxyl groups is 2. The number of nitrogens with zero attached hydrogens (tertiary/aromatic N) is 4. The van der Waals surface area contributed by atoms with Crippen molar-refractivity contribution in [2.45, 2.75) is 36.8 Å². The maximum Gasteiger partial charge on any atom is 0.309 e. The average Bonchev–Trinajstić information content (AvgIpc) is 3.33. The fourth-order valence-corrected chi connectivity index (χ4v) is 3.11. The molecule has 0 aromatic carbocycles. The zero-order chi connectivity index (χ0) is 20.3. The lowest BCUT2D eigenvalue weighted by Gasteiger charge is -2.24. The van der Waals surface area contributed by atoms with Gasteiger partial charge in [-0.1, -0.05) is 0 Å². The highest BCUT2D eigenvalue weighted by atomic mass is 16.6. The van der Waals surface area contributed by atoms with E-state index in [2.05, 4.69) is 10.1 Å². The number of esters is 1. The summed E-state index contributed by atoms with van der Waals surface area (Å²) < 4.78 is 27.3. The molecule has 10 heteroatoms. The zero-order valence-electron chi connectivity index (χ0n) is 15.4. The molecule has 0 unspecified atom stereocenters. The minimum Gasteiger partial charge on any atom is -0.456 e. The summed E-state index contributed by atoms with van der Waals surface area (Å²) in [6.07, 6.45) is -2.79. The third-order valence-electron chi connectivity index (χ3n) is 4.66. The highest BCUT2D eigenvalue weighted by molar-refractivity contribution is 5.75. The molecule has 2 aliphatic rings. The Morgan fingerprint density at radius 1 is 1.62 bits per heavy atom. The number of hydrogen-bond donors (Lipinski definition) is 3. The molecule has 0 spiro atoms. The second-order valence-electron chi connectivity index (χ2n) is 6.30. The van der Waals surface area contributed by atoms with Crippen LogP contribution in [0.2, 0.25) is 0 Å². The molecule has 136 valence electrons. The number of rotatable bonds is 4. The SMILES string of the molecule is [2H]C([2H])(O)[C@H]1O[C@@](C#N)(c2ccc3c(N)ncnn23)[C@H](O)[C@@H]1OC(=O)C1CC1. The van der Waals surface area contributed by atoms with Crippen LogP contribution in [0.3, 0.4) is 0 Å². The lowest BCUT2D eigenvalue weighted by atomic mass is 9.92. The van der Waals surface area contributed by atoms with Gasteiger partial charge >= 0.3 is 5.97 Å². The number of nitrogen functional groups attached to an aromatic ring is 1. The van der Waals surface area contributed by atoms with Crippen LogP contribution in [0.1, 0.15) is 21.3 Å². The molecule has 1 aliphatic carbocycles.